The van der Waals surface area contributed by atoms with Gasteiger partial charge >= 0.3 is 0 Å². The van der Waals surface area contributed by atoms with Crippen LogP contribution in [0.1, 0.15) is 27.5 Å². The normalized spacial score (nSPS) is 11.8. The lowest BCUT2D eigenvalue weighted by Gasteiger charge is -2.15. The number of rotatable bonds is 4. The first-order valence-electron chi connectivity index (χ1n) is 7.57. The summed E-state index contributed by atoms with van der Waals surface area (Å²) in [5.74, 6) is -1.91. The van der Waals surface area contributed by atoms with Gasteiger partial charge in [-0.15, -0.1) is 0 Å². The van der Waals surface area contributed by atoms with E-state index in [-0.39, 0.29) is 6.04 Å². The largest absolute Gasteiger partial charge is 0.504 e. The van der Waals surface area contributed by atoms with Crippen LogP contribution in [0.4, 0.5) is 0 Å². The first-order chi connectivity index (χ1) is 12.0. The van der Waals surface area contributed by atoms with Crippen molar-refractivity contribution in [2.75, 3.05) is 0 Å². The van der Waals surface area contributed by atoms with Crippen LogP contribution in [0.2, 0.25) is 0 Å². The van der Waals surface area contributed by atoms with Crippen molar-refractivity contribution < 1.29 is 24.7 Å². The lowest BCUT2D eigenvalue weighted by molar-refractivity contribution is -0.704. The molecule has 1 heterocycles. The van der Waals surface area contributed by atoms with Crippen LogP contribution in [-0.4, -0.2) is 21.2 Å². The predicted molar refractivity (Wildman–Crippen MR) is 90.3 cm³/mol. The minimum atomic E-state index is -0.565. The van der Waals surface area contributed by atoms with Gasteiger partial charge in [0.15, 0.2) is 29.6 Å². The summed E-state index contributed by atoms with van der Waals surface area (Å²) in [6, 6.07) is 15.0. The molecule has 0 radical (unpaired) electrons. The summed E-state index contributed by atoms with van der Waals surface area (Å²) < 4.78 is 1.81. The summed E-state index contributed by atoms with van der Waals surface area (Å²) in [6.07, 6.45) is 3.39. The van der Waals surface area contributed by atoms with Crippen molar-refractivity contribution in [2.45, 2.75) is 6.04 Å². The Bertz CT molecular complexity index is 885. The van der Waals surface area contributed by atoms with Gasteiger partial charge in [0.25, 0.3) is 0 Å². The van der Waals surface area contributed by atoms with E-state index in [9.17, 15) is 20.1 Å². The SMILES string of the molecule is NC(=O)c1cc[n+](C(c2ccccc2)c2cc(O)c(O)c(O)c2)cc1. The Labute approximate surface area is 144 Å². The van der Waals surface area contributed by atoms with Crippen molar-refractivity contribution in [1.29, 1.82) is 0 Å². The molecule has 1 aromatic heterocycles. The molecule has 0 aliphatic rings. The lowest BCUT2D eigenvalue weighted by atomic mass is 9.97. The molecule has 0 fully saturated rings. The zero-order chi connectivity index (χ0) is 18.0. The number of amides is 1. The highest BCUT2D eigenvalue weighted by Gasteiger charge is 2.26. The van der Waals surface area contributed by atoms with Crippen molar-refractivity contribution >= 4 is 5.91 Å². The van der Waals surface area contributed by atoms with E-state index in [2.05, 4.69) is 0 Å². The number of aromatic nitrogens is 1. The van der Waals surface area contributed by atoms with Gasteiger partial charge in [-0.25, -0.2) is 0 Å². The van der Waals surface area contributed by atoms with Crippen LogP contribution in [0.25, 0.3) is 0 Å². The number of benzene rings is 2. The van der Waals surface area contributed by atoms with E-state index in [1.54, 1.807) is 24.5 Å². The number of carbonyl (C=O) groups is 1. The van der Waals surface area contributed by atoms with Crippen LogP contribution in [-0.2, 0) is 0 Å². The second-order valence-electron chi connectivity index (χ2n) is 5.62. The van der Waals surface area contributed by atoms with Crippen molar-refractivity contribution in [1.82, 2.24) is 0 Å². The quantitative estimate of drug-likeness (QED) is 0.430. The maximum absolute atomic E-state index is 11.3. The van der Waals surface area contributed by atoms with Crippen LogP contribution in [0.3, 0.4) is 0 Å². The lowest BCUT2D eigenvalue weighted by Crippen LogP contribution is -2.40. The first kappa shape index (κ1) is 16.3. The van der Waals surface area contributed by atoms with Gasteiger partial charge in [0.1, 0.15) is 0 Å². The molecule has 1 atom stereocenters. The Morgan fingerprint density at radius 2 is 1.44 bits per heavy atom. The summed E-state index contributed by atoms with van der Waals surface area (Å²) in [4.78, 5) is 11.3. The van der Waals surface area contributed by atoms with E-state index >= 15 is 0 Å². The molecule has 2 aromatic carbocycles. The van der Waals surface area contributed by atoms with Crippen LogP contribution < -0.4 is 10.3 Å². The molecule has 0 spiro atoms. The van der Waals surface area contributed by atoms with Crippen LogP contribution in [0, 0.1) is 0 Å². The number of aromatic hydroxyl groups is 3. The Hall–Kier alpha value is -3.54. The Kier molecular flexibility index (Phi) is 4.26. The number of primary amides is 1. The fourth-order valence-corrected chi connectivity index (χ4v) is 2.73. The van der Waals surface area contributed by atoms with E-state index in [1.165, 1.54) is 12.1 Å². The van der Waals surface area contributed by atoms with Gasteiger partial charge in [0.05, 0.1) is 5.56 Å². The van der Waals surface area contributed by atoms with Gasteiger partial charge in [-0.3, -0.25) is 4.79 Å². The molecule has 1 amide bonds. The topological polar surface area (TPSA) is 108 Å². The number of phenols is 3. The first-order valence-corrected chi connectivity index (χ1v) is 7.57. The number of hydrogen-bond acceptors (Lipinski definition) is 4. The molecule has 6 heteroatoms. The molecule has 5 N–H and O–H groups in total. The van der Waals surface area contributed by atoms with Gasteiger partial charge in [-0.05, 0) is 12.1 Å². The number of pyridine rings is 1. The van der Waals surface area contributed by atoms with Gasteiger partial charge in [-0.2, -0.15) is 4.57 Å². The molecule has 126 valence electrons. The number of nitrogens with zero attached hydrogens (tertiary/aromatic N) is 1. The number of carbonyl (C=O) groups excluding carboxylic acids is 1. The highest BCUT2D eigenvalue weighted by Crippen LogP contribution is 2.38. The Morgan fingerprint density at radius 1 is 0.880 bits per heavy atom. The van der Waals surface area contributed by atoms with E-state index in [1.807, 2.05) is 34.9 Å². The smallest absolute Gasteiger partial charge is 0.249 e. The maximum Gasteiger partial charge on any atom is 0.249 e. The van der Waals surface area contributed by atoms with Crippen molar-refractivity contribution in [3.63, 3.8) is 0 Å². The number of phenolic OH excluding ortho intramolecular Hbond substituents is 3. The molecule has 0 bridgehead atoms. The number of hydrogen-bond donors (Lipinski definition) is 4. The second-order valence-corrected chi connectivity index (χ2v) is 5.62. The standard InChI is InChI=1S/C19H16N2O4/c20-19(25)13-6-8-21(9-7-13)17(12-4-2-1-3-5-12)14-10-15(22)18(24)16(23)11-14/h1-11,17H,20H2,(H2,22,23,25)/p+1. The molecule has 6 nitrogen and oxygen atoms in total. The number of nitrogens with two attached hydrogens (primary N) is 1. The highest BCUT2D eigenvalue weighted by molar-refractivity contribution is 5.92. The fourth-order valence-electron chi connectivity index (χ4n) is 2.73. The third kappa shape index (κ3) is 3.23. The van der Waals surface area contributed by atoms with Gasteiger partial charge in [-0.1, -0.05) is 30.3 Å². The summed E-state index contributed by atoms with van der Waals surface area (Å²) in [5, 5.41) is 29.3. The maximum atomic E-state index is 11.3. The Balaban J connectivity index is 2.15. The van der Waals surface area contributed by atoms with E-state index in [0.29, 0.717) is 11.1 Å². The molecule has 3 rings (SSSR count). The molecular formula is C19H17N2O4+. The minimum absolute atomic E-state index is 0.375. The van der Waals surface area contributed by atoms with Crippen LogP contribution in [0.15, 0.2) is 67.0 Å². The van der Waals surface area contributed by atoms with Gasteiger partial charge in [0.2, 0.25) is 11.9 Å². The highest BCUT2D eigenvalue weighted by atomic mass is 16.3. The summed E-state index contributed by atoms with van der Waals surface area (Å²) >= 11 is 0. The molecule has 0 saturated heterocycles. The average molecular weight is 337 g/mol. The molecule has 0 aliphatic carbocycles. The van der Waals surface area contributed by atoms with E-state index in [4.69, 9.17) is 5.73 Å². The molecule has 0 aliphatic heterocycles. The van der Waals surface area contributed by atoms with E-state index < -0.39 is 23.2 Å². The zero-order valence-electron chi connectivity index (χ0n) is 13.2. The molecule has 25 heavy (non-hydrogen) atoms. The fraction of sp³-hybridized carbons (Fsp3) is 0.0526. The third-order valence-corrected chi connectivity index (χ3v) is 3.96. The third-order valence-electron chi connectivity index (χ3n) is 3.96. The summed E-state index contributed by atoms with van der Waals surface area (Å²) in [7, 11) is 0. The second kappa shape index (κ2) is 6.52. The Morgan fingerprint density at radius 3 is 1.96 bits per heavy atom. The molecule has 0 saturated carbocycles. The monoisotopic (exact) mass is 337 g/mol. The van der Waals surface area contributed by atoms with Crippen molar-refractivity contribution in [3.05, 3.63) is 83.7 Å². The molecule has 3 aromatic rings. The van der Waals surface area contributed by atoms with Gasteiger partial charge in [0, 0.05) is 23.3 Å². The predicted octanol–water partition coefficient (Wildman–Crippen LogP) is 1.83. The minimum Gasteiger partial charge on any atom is -0.504 e. The molecule has 1 unspecified atom stereocenters. The van der Waals surface area contributed by atoms with Crippen molar-refractivity contribution in [2.24, 2.45) is 5.73 Å². The zero-order valence-corrected chi connectivity index (χ0v) is 13.2. The van der Waals surface area contributed by atoms with Crippen LogP contribution in [0.5, 0.6) is 17.2 Å². The molecular weight excluding hydrogens is 320 g/mol. The van der Waals surface area contributed by atoms with Crippen molar-refractivity contribution in [3.8, 4) is 17.2 Å². The van der Waals surface area contributed by atoms with Crippen LogP contribution >= 0.6 is 0 Å². The summed E-state index contributed by atoms with van der Waals surface area (Å²) in [6.45, 7) is 0. The van der Waals surface area contributed by atoms with E-state index in [0.717, 1.165) is 5.56 Å². The van der Waals surface area contributed by atoms with Gasteiger partial charge < -0.3 is 21.1 Å². The summed E-state index contributed by atoms with van der Waals surface area (Å²) in [5.41, 5.74) is 7.11. The average Bonchev–Trinajstić information content (AvgIpc) is 2.61.